The van der Waals surface area contributed by atoms with Crippen LogP contribution in [0.5, 0.6) is 0 Å². The van der Waals surface area contributed by atoms with Gasteiger partial charge in [-0.15, -0.1) is 0 Å². The monoisotopic (exact) mass is 125 g/mol. The number of hydrogen-bond acceptors (Lipinski definition) is 1. The minimum atomic E-state index is -0.278. The van der Waals surface area contributed by atoms with Gasteiger partial charge in [-0.25, -0.2) is 0 Å². The van der Waals surface area contributed by atoms with Crippen molar-refractivity contribution >= 4 is 0 Å². The number of rotatable bonds is 0. The zero-order valence-electron chi connectivity index (χ0n) is 5.07. The first-order valence-electron chi connectivity index (χ1n) is 2.43. The maximum atomic E-state index is 8.91. The van der Waals surface area contributed by atoms with Gasteiger partial charge >= 0.3 is 51.4 Å². The van der Waals surface area contributed by atoms with Crippen molar-refractivity contribution in [3.63, 3.8) is 0 Å². The van der Waals surface area contributed by atoms with Gasteiger partial charge in [0.1, 0.15) is 0 Å². The van der Waals surface area contributed by atoms with Crippen LogP contribution in [0.25, 0.3) is 0 Å². The Morgan fingerprint density at radius 3 is 1.71 bits per heavy atom. The summed E-state index contributed by atoms with van der Waals surface area (Å²) in [7, 11) is 0. The smallest absolute Gasteiger partial charge is 0.390 e. The second-order valence-electron chi connectivity index (χ2n) is 2.35. The molecule has 2 heteroatoms. The Balaban J connectivity index is 0.000000360. The van der Waals surface area contributed by atoms with Crippen LogP contribution in [0.2, 0.25) is 0 Å². The quantitative estimate of drug-likeness (QED) is 0.369. The molecule has 0 atom stereocenters. The summed E-state index contributed by atoms with van der Waals surface area (Å²) in [6.45, 7) is 1.89. The van der Waals surface area contributed by atoms with E-state index in [-0.39, 0.29) is 57.0 Å². The van der Waals surface area contributed by atoms with Crippen LogP contribution in [-0.4, -0.2) is 10.7 Å². The van der Waals surface area contributed by atoms with E-state index < -0.39 is 0 Å². The molecule has 0 aromatic carbocycles. The number of aliphatic hydroxyl groups is 1. The van der Waals surface area contributed by atoms with Gasteiger partial charge in [-0.2, -0.15) is 0 Å². The predicted molar refractivity (Wildman–Crippen MR) is 24.5 cm³/mol. The third-order valence-corrected chi connectivity index (χ3v) is 1.43. The predicted octanol–water partition coefficient (Wildman–Crippen LogP) is -2.07. The van der Waals surface area contributed by atoms with Crippen LogP contribution in [0.4, 0.5) is 0 Å². The molecular formula is C5H10KO+. The van der Waals surface area contributed by atoms with Gasteiger partial charge < -0.3 is 5.11 Å². The van der Waals surface area contributed by atoms with Crippen LogP contribution in [-0.2, 0) is 0 Å². The Bertz CT molecular complexity index is 55.1. The van der Waals surface area contributed by atoms with Crippen LogP contribution in [0, 0.1) is 0 Å². The molecule has 1 fully saturated rings. The fourth-order valence-corrected chi connectivity index (χ4v) is 0.688. The van der Waals surface area contributed by atoms with Gasteiger partial charge in [-0.3, -0.25) is 0 Å². The molecule has 1 N–H and O–H groups in total. The number of hydrogen-bond donors (Lipinski definition) is 1. The van der Waals surface area contributed by atoms with E-state index in [0.717, 1.165) is 12.8 Å². The summed E-state index contributed by atoms with van der Waals surface area (Å²) in [5, 5.41) is 8.91. The van der Waals surface area contributed by atoms with Crippen molar-refractivity contribution in [3.8, 4) is 0 Å². The van der Waals surface area contributed by atoms with Crippen molar-refractivity contribution in [1.82, 2.24) is 0 Å². The fraction of sp³-hybridized carbons (Fsp3) is 1.00. The Morgan fingerprint density at radius 2 is 1.71 bits per heavy atom. The van der Waals surface area contributed by atoms with Crippen molar-refractivity contribution in [2.75, 3.05) is 0 Å². The summed E-state index contributed by atoms with van der Waals surface area (Å²) in [5.41, 5.74) is -0.278. The van der Waals surface area contributed by atoms with Crippen molar-refractivity contribution in [1.29, 1.82) is 0 Å². The summed E-state index contributed by atoms with van der Waals surface area (Å²) in [4.78, 5) is 0. The molecule has 0 aromatic heterocycles. The summed E-state index contributed by atoms with van der Waals surface area (Å²) in [6.07, 6.45) is 3.23. The van der Waals surface area contributed by atoms with E-state index in [2.05, 4.69) is 0 Å². The van der Waals surface area contributed by atoms with Crippen molar-refractivity contribution < 1.29 is 56.5 Å². The van der Waals surface area contributed by atoms with Crippen molar-refractivity contribution in [3.05, 3.63) is 0 Å². The van der Waals surface area contributed by atoms with Crippen LogP contribution in [0.3, 0.4) is 0 Å². The molecule has 0 bridgehead atoms. The fourth-order valence-electron chi connectivity index (χ4n) is 0.688. The topological polar surface area (TPSA) is 20.2 Å². The van der Waals surface area contributed by atoms with Gasteiger partial charge in [0.25, 0.3) is 0 Å². The van der Waals surface area contributed by atoms with E-state index in [1.807, 2.05) is 6.92 Å². The molecule has 1 rings (SSSR count). The zero-order valence-corrected chi connectivity index (χ0v) is 8.19. The molecule has 1 saturated carbocycles. The largest absolute Gasteiger partial charge is 1.00 e. The minimum absolute atomic E-state index is 0. The Morgan fingerprint density at radius 1 is 1.43 bits per heavy atom. The second kappa shape index (κ2) is 2.94. The molecule has 7 heavy (non-hydrogen) atoms. The van der Waals surface area contributed by atoms with Crippen LogP contribution in [0.1, 0.15) is 26.2 Å². The normalized spacial score (nSPS) is 24.9. The van der Waals surface area contributed by atoms with E-state index in [1.54, 1.807) is 0 Å². The first-order chi connectivity index (χ1) is 2.71. The Labute approximate surface area is 86.9 Å². The minimum Gasteiger partial charge on any atom is -0.390 e. The molecule has 1 nitrogen and oxygen atoms in total. The maximum absolute atomic E-state index is 8.91. The Kier molecular flexibility index (Phi) is 3.62. The molecule has 0 radical (unpaired) electrons. The third-order valence-electron chi connectivity index (χ3n) is 1.43. The molecule has 0 spiro atoms. The first kappa shape index (κ1) is 8.60. The molecular weight excluding hydrogens is 115 g/mol. The summed E-state index contributed by atoms with van der Waals surface area (Å²) in [5.74, 6) is 0. The molecule has 0 amide bonds. The van der Waals surface area contributed by atoms with Gasteiger partial charge in [0.2, 0.25) is 0 Å². The van der Waals surface area contributed by atoms with Crippen molar-refractivity contribution in [2.45, 2.75) is 31.8 Å². The third kappa shape index (κ3) is 2.58. The van der Waals surface area contributed by atoms with Gasteiger partial charge in [-0.1, -0.05) is 0 Å². The van der Waals surface area contributed by atoms with E-state index in [9.17, 15) is 0 Å². The van der Waals surface area contributed by atoms with E-state index in [0.29, 0.717) is 0 Å². The van der Waals surface area contributed by atoms with Gasteiger partial charge in [0, 0.05) is 0 Å². The molecule has 1 aliphatic carbocycles. The van der Waals surface area contributed by atoms with Gasteiger partial charge in [-0.05, 0) is 26.2 Å². The maximum Gasteiger partial charge on any atom is 1.00 e. The molecule has 0 aromatic rings. The van der Waals surface area contributed by atoms with Gasteiger partial charge in [0.05, 0.1) is 5.60 Å². The van der Waals surface area contributed by atoms with E-state index >= 15 is 0 Å². The van der Waals surface area contributed by atoms with E-state index in [4.69, 9.17) is 5.11 Å². The molecule has 0 unspecified atom stereocenters. The molecule has 0 saturated heterocycles. The molecule has 36 valence electrons. The van der Waals surface area contributed by atoms with Crippen LogP contribution in [0.15, 0.2) is 0 Å². The van der Waals surface area contributed by atoms with Crippen molar-refractivity contribution in [2.24, 2.45) is 0 Å². The average molecular weight is 125 g/mol. The molecule has 0 heterocycles. The van der Waals surface area contributed by atoms with Crippen LogP contribution >= 0.6 is 0 Å². The summed E-state index contributed by atoms with van der Waals surface area (Å²) >= 11 is 0. The summed E-state index contributed by atoms with van der Waals surface area (Å²) in [6, 6.07) is 0. The Hall–Kier alpha value is 1.60. The standard InChI is InChI=1S/C5H10O.K/c1-5(6)3-2-4-5;/h6H,2-4H2,1H3;/q;+1. The van der Waals surface area contributed by atoms with E-state index in [1.165, 1.54) is 6.42 Å². The summed E-state index contributed by atoms with van der Waals surface area (Å²) < 4.78 is 0. The first-order valence-corrected chi connectivity index (χ1v) is 2.43. The average Bonchev–Trinajstić information content (AvgIpc) is 1.32. The van der Waals surface area contributed by atoms with Gasteiger partial charge in [0.15, 0.2) is 0 Å². The van der Waals surface area contributed by atoms with Crippen LogP contribution < -0.4 is 51.4 Å². The molecule has 1 aliphatic rings. The second-order valence-corrected chi connectivity index (χ2v) is 2.35. The zero-order chi connectivity index (χ0) is 4.62. The molecule has 0 aliphatic heterocycles. The SMILES string of the molecule is CC1(O)CCC1.[K+].